The fraction of sp³-hybridized carbons (Fsp3) is 0.250. The Labute approximate surface area is 142 Å². The summed E-state index contributed by atoms with van der Waals surface area (Å²) >= 11 is 0. The highest BCUT2D eigenvalue weighted by molar-refractivity contribution is 6.01. The minimum Gasteiger partial charge on any atom is -0.350 e. The molecule has 0 radical (unpaired) electrons. The summed E-state index contributed by atoms with van der Waals surface area (Å²) in [5.41, 5.74) is -0.551. The maximum Gasteiger partial charge on any atom is 0.458 e. The minimum absolute atomic E-state index is 0.0581. The zero-order chi connectivity index (χ0) is 19.2. The molecule has 0 aliphatic carbocycles. The van der Waals surface area contributed by atoms with Crippen molar-refractivity contribution in [2.24, 2.45) is 5.16 Å². The highest BCUT2D eigenvalue weighted by Gasteiger charge is 2.60. The van der Waals surface area contributed by atoms with Gasteiger partial charge in [0.1, 0.15) is 5.69 Å². The highest BCUT2D eigenvalue weighted by atomic mass is 19.4. The summed E-state index contributed by atoms with van der Waals surface area (Å²) in [6.07, 6.45) is -10.5. The third kappa shape index (κ3) is 3.36. The summed E-state index contributed by atoms with van der Waals surface area (Å²) in [7, 11) is 0. The zero-order valence-electron chi connectivity index (χ0n) is 12.8. The Hall–Kier alpha value is -2.62. The molecule has 138 valence electrons. The van der Waals surface area contributed by atoms with Crippen LogP contribution in [-0.4, -0.2) is 27.8 Å². The second-order valence-electron chi connectivity index (χ2n) is 5.57. The summed E-state index contributed by atoms with van der Waals surface area (Å²) in [5.74, 6) is -3.39. The van der Waals surface area contributed by atoms with E-state index < -0.39 is 30.3 Å². The molecule has 0 saturated heterocycles. The fourth-order valence-corrected chi connectivity index (χ4v) is 2.32. The molecule has 0 amide bonds. The van der Waals surface area contributed by atoms with Crippen molar-refractivity contribution in [2.45, 2.75) is 24.6 Å². The molecule has 0 bridgehead atoms. The van der Waals surface area contributed by atoms with Crippen LogP contribution in [0, 0.1) is 0 Å². The Morgan fingerprint density at radius 3 is 2.08 bits per heavy atom. The minimum atomic E-state index is -5.01. The zero-order valence-corrected chi connectivity index (χ0v) is 12.8. The average Bonchev–Trinajstić information content (AvgIpc) is 2.98. The second-order valence-corrected chi connectivity index (χ2v) is 5.57. The van der Waals surface area contributed by atoms with Crippen LogP contribution in [0.3, 0.4) is 0 Å². The summed E-state index contributed by atoms with van der Waals surface area (Å²) < 4.78 is 76.3. The first kappa shape index (κ1) is 18.2. The Morgan fingerprint density at radius 1 is 0.923 bits per heavy atom. The molecular formula is C16H10F6N2O2. The number of rotatable bonds is 2. The van der Waals surface area contributed by atoms with Crippen LogP contribution >= 0.6 is 0 Å². The van der Waals surface area contributed by atoms with Gasteiger partial charge in [-0.15, -0.1) is 0 Å². The van der Waals surface area contributed by atoms with E-state index in [1.54, 1.807) is 0 Å². The number of hydrogen-bond donors (Lipinski definition) is 1. The Bertz CT molecular complexity index is 845. The first-order valence-electron chi connectivity index (χ1n) is 7.19. The van der Waals surface area contributed by atoms with E-state index in [0.717, 1.165) is 6.07 Å². The lowest BCUT2D eigenvalue weighted by atomic mass is 10.0. The van der Waals surface area contributed by atoms with Crippen molar-refractivity contribution >= 4 is 5.71 Å². The van der Waals surface area contributed by atoms with Gasteiger partial charge in [0.05, 0.1) is 17.8 Å². The lowest BCUT2D eigenvalue weighted by Gasteiger charge is -2.22. The van der Waals surface area contributed by atoms with E-state index in [4.69, 9.17) is 0 Å². The van der Waals surface area contributed by atoms with E-state index in [-0.39, 0.29) is 17.0 Å². The predicted molar refractivity (Wildman–Crippen MR) is 77.9 cm³/mol. The summed E-state index contributed by atoms with van der Waals surface area (Å²) in [6.45, 7) is 0. The quantitative estimate of drug-likeness (QED) is 0.802. The third-order valence-corrected chi connectivity index (χ3v) is 3.71. The van der Waals surface area contributed by atoms with E-state index in [0.29, 0.717) is 5.56 Å². The number of aromatic nitrogens is 1. The summed E-state index contributed by atoms with van der Waals surface area (Å²) in [5, 5.41) is 12.7. The van der Waals surface area contributed by atoms with Gasteiger partial charge in [0.2, 0.25) is 0 Å². The lowest BCUT2D eigenvalue weighted by Crippen LogP contribution is -2.45. The topological polar surface area (TPSA) is 54.7 Å². The van der Waals surface area contributed by atoms with E-state index in [1.807, 2.05) is 0 Å². The van der Waals surface area contributed by atoms with Gasteiger partial charge < -0.3 is 9.94 Å². The molecule has 3 rings (SSSR count). The molecule has 2 heterocycles. The van der Waals surface area contributed by atoms with Gasteiger partial charge in [0, 0.05) is 5.56 Å². The molecule has 1 aromatic carbocycles. The van der Waals surface area contributed by atoms with Crippen molar-refractivity contribution in [1.29, 1.82) is 0 Å². The predicted octanol–water partition coefficient (Wildman–Crippen LogP) is 4.14. The SMILES string of the molecule is OC1(C(F)(F)F)CC(c2ccc(-c3cccc(C(F)(F)F)n3)cc2)=NO1. The van der Waals surface area contributed by atoms with E-state index in [2.05, 4.69) is 15.0 Å². The van der Waals surface area contributed by atoms with Gasteiger partial charge in [-0.05, 0) is 17.7 Å². The number of hydrogen-bond acceptors (Lipinski definition) is 4. The first-order valence-corrected chi connectivity index (χ1v) is 7.19. The molecule has 1 atom stereocenters. The van der Waals surface area contributed by atoms with Crippen LogP contribution in [0.2, 0.25) is 0 Å². The molecule has 1 aromatic heterocycles. The van der Waals surface area contributed by atoms with Crippen LogP contribution in [0.4, 0.5) is 26.3 Å². The Kier molecular flexibility index (Phi) is 4.18. The summed E-state index contributed by atoms with van der Waals surface area (Å²) in [6, 6.07) is 8.93. The number of oxime groups is 1. The molecule has 1 aliphatic rings. The molecular weight excluding hydrogens is 366 g/mol. The number of aliphatic hydroxyl groups is 1. The van der Waals surface area contributed by atoms with Gasteiger partial charge in [-0.25, -0.2) is 4.98 Å². The van der Waals surface area contributed by atoms with Crippen LogP contribution in [0.5, 0.6) is 0 Å². The van der Waals surface area contributed by atoms with Crippen molar-refractivity contribution in [1.82, 2.24) is 4.98 Å². The van der Waals surface area contributed by atoms with Crippen molar-refractivity contribution in [3.8, 4) is 11.3 Å². The molecule has 1 N–H and O–H groups in total. The van der Waals surface area contributed by atoms with Gasteiger partial charge in [0.25, 0.3) is 0 Å². The van der Waals surface area contributed by atoms with Gasteiger partial charge in [-0.3, -0.25) is 0 Å². The largest absolute Gasteiger partial charge is 0.458 e. The van der Waals surface area contributed by atoms with Gasteiger partial charge in [0.15, 0.2) is 0 Å². The standard InChI is InChI=1S/C16H10F6N2O2/c17-15(18,19)13-3-1-2-11(23-13)9-4-6-10(7-5-9)12-8-14(25,26-24-12)16(20,21)22/h1-7,25H,8H2. The summed E-state index contributed by atoms with van der Waals surface area (Å²) in [4.78, 5) is 7.65. The van der Waals surface area contributed by atoms with Gasteiger partial charge in [-0.2, -0.15) is 26.3 Å². The monoisotopic (exact) mass is 376 g/mol. The fourth-order valence-electron chi connectivity index (χ4n) is 2.32. The smallest absolute Gasteiger partial charge is 0.350 e. The van der Waals surface area contributed by atoms with Crippen LogP contribution in [0.15, 0.2) is 47.6 Å². The number of alkyl halides is 6. The average molecular weight is 376 g/mol. The molecule has 4 nitrogen and oxygen atoms in total. The highest BCUT2D eigenvalue weighted by Crippen LogP contribution is 2.39. The normalized spacial score (nSPS) is 20.7. The molecule has 2 aromatic rings. The van der Waals surface area contributed by atoms with Crippen molar-refractivity contribution in [2.75, 3.05) is 0 Å². The molecule has 0 saturated carbocycles. The lowest BCUT2D eigenvalue weighted by molar-refractivity contribution is -0.355. The molecule has 1 unspecified atom stereocenters. The van der Waals surface area contributed by atoms with Crippen molar-refractivity contribution in [3.05, 3.63) is 53.7 Å². The molecule has 0 fully saturated rings. The van der Waals surface area contributed by atoms with Crippen LogP contribution in [0.1, 0.15) is 17.7 Å². The molecule has 26 heavy (non-hydrogen) atoms. The van der Waals surface area contributed by atoms with Gasteiger partial charge >= 0.3 is 18.1 Å². The maximum atomic E-state index is 12.7. The van der Waals surface area contributed by atoms with Gasteiger partial charge in [-0.1, -0.05) is 35.5 Å². The second kappa shape index (κ2) is 5.97. The Morgan fingerprint density at radius 2 is 1.54 bits per heavy atom. The first-order chi connectivity index (χ1) is 12.0. The van der Waals surface area contributed by atoms with Crippen molar-refractivity contribution in [3.63, 3.8) is 0 Å². The third-order valence-electron chi connectivity index (χ3n) is 3.71. The van der Waals surface area contributed by atoms with E-state index in [1.165, 1.54) is 36.4 Å². The van der Waals surface area contributed by atoms with E-state index >= 15 is 0 Å². The Balaban J connectivity index is 1.83. The number of pyridine rings is 1. The molecule has 0 spiro atoms. The number of nitrogens with zero attached hydrogens (tertiary/aromatic N) is 2. The van der Waals surface area contributed by atoms with E-state index in [9.17, 15) is 31.4 Å². The number of halogens is 6. The van der Waals surface area contributed by atoms with Crippen LogP contribution < -0.4 is 0 Å². The van der Waals surface area contributed by atoms with Crippen LogP contribution in [0.25, 0.3) is 11.3 Å². The number of benzene rings is 1. The maximum absolute atomic E-state index is 12.7. The van der Waals surface area contributed by atoms with Crippen LogP contribution in [-0.2, 0) is 11.0 Å². The molecule has 1 aliphatic heterocycles. The van der Waals surface area contributed by atoms with Crippen molar-refractivity contribution < 1.29 is 36.3 Å². The molecule has 10 heteroatoms.